The summed E-state index contributed by atoms with van der Waals surface area (Å²) >= 11 is 0. The van der Waals surface area contributed by atoms with E-state index >= 15 is 0 Å². The molecule has 0 bridgehead atoms. The van der Waals surface area contributed by atoms with Crippen LogP contribution < -0.4 is 49.1 Å². The van der Waals surface area contributed by atoms with Gasteiger partial charge in [-0.1, -0.05) is 31.2 Å². The van der Waals surface area contributed by atoms with Crippen LogP contribution in [0, 0.1) is 0 Å². The van der Waals surface area contributed by atoms with Crippen molar-refractivity contribution >= 4 is 41.4 Å². The average molecular weight is 1060 g/mol. The minimum absolute atomic E-state index is 0.123. The molecule has 20 nitrogen and oxygen atoms in total. The van der Waals surface area contributed by atoms with Crippen molar-refractivity contribution in [2.75, 3.05) is 68.4 Å². The lowest BCUT2D eigenvalue weighted by molar-refractivity contribution is -0.162. The van der Waals surface area contributed by atoms with Gasteiger partial charge in [-0.05, 0) is 123 Å². The second-order valence-electron chi connectivity index (χ2n) is 18.9. The van der Waals surface area contributed by atoms with Crippen LogP contribution in [0.5, 0.6) is 40.2 Å². The van der Waals surface area contributed by atoms with Crippen molar-refractivity contribution in [2.24, 2.45) is 0 Å². The minimum atomic E-state index is -0.809. The third-order valence-electron chi connectivity index (χ3n) is 14.0. The van der Waals surface area contributed by atoms with Crippen LogP contribution >= 0.6 is 0 Å². The number of hydrogen-bond donors (Lipinski definition) is 3. The second-order valence-corrected chi connectivity index (χ2v) is 18.9. The number of hydrogen-bond acceptors (Lipinski definition) is 15. The van der Waals surface area contributed by atoms with Gasteiger partial charge in [-0.3, -0.25) is 34.1 Å². The van der Waals surface area contributed by atoms with E-state index in [4.69, 9.17) is 37.9 Å². The predicted molar refractivity (Wildman–Crippen MR) is 280 cm³/mol. The van der Waals surface area contributed by atoms with Crippen LogP contribution in [0.25, 0.3) is 0 Å². The number of ether oxygens (including phenoxy) is 8. The van der Waals surface area contributed by atoms with Gasteiger partial charge in [-0.15, -0.1) is 0 Å². The van der Waals surface area contributed by atoms with Gasteiger partial charge in [-0.2, -0.15) is 0 Å². The van der Waals surface area contributed by atoms with Crippen LogP contribution in [-0.2, 0) is 46.5 Å². The number of imide groups is 1. The van der Waals surface area contributed by atoms with E-state index in [9.17, 15) is 33.6 Å². The molecule has 4 aromatic carbocycles. The maximum Gasteiger partial charge on any atom is 0.329 e. The van der Waals surface area contributed by atoms with Gasteiger partial charge < -0.3 is 58.3 Å². The Morgan fingerprint density at radius 3 is 2.03 bits per heavy atom. The summed E-state index contributed by atoms with van der Waals surface area (Å²) in [4.78, 5) is 94.6. The molecule has 3 heterocycles. The van der Waals surface area contributed by atoms with Crippen LogP contribution in [0.1, 0.15) is 109 Å². The second kappa shape index (κ2) is 27.1. The van der Waals surface area contributed by atoms with E-state index in [-0.39, 0.29) is 62.1 Å². The molecule has 0 aliphatic carbocycles. The standard InChI is InChI=1S/C57H69N5O15/c1-7-39(37-30-48(72-4)53(74-6)49(31-37)73-5)55(67)61-28-11-8-14-43(61)57(69)77-44(23-16-35-17-24-46(70-2)47(29-35)71-3)36-18-20-38(21-19-36)75-33-51(64)58-26-9-10-27-59-52(65)34-76-45-15-12-13-40-41(45)32-62(56(40)68)42-22-25-50(63)60-54(42)66/h12-13,15,17-21,24,29-31,39,42-44H,7-11,14,16,22-23,25-28,32-34H2,1-6H3,(H,58,64)(H,59,65)(H,60,63,66)/t39-,42?,43-,44+/m0/s1. The molecule has 0 aromatic heterocycles. The molecule has 6 amide bonds. The number of fused-ring (bicyclic) bond motifs is 1. The van der Waals surface area contributed by atoms with Gasteiger partial charge in [0.1, 0.15) is 29.7 Å². The van der Waals surface area contributed by atoms with Crippen LogP contribution in [-0.4, -0.2) is 132 Å². The Labute approximate surface area is 448 Å². The van der Waals surface area contributed by atoms with E-state index < -0.39 is 36.0 Å². The fourth-order valence-corrected chi connectivity index (χ4v) is 9.91. The average Bonchev–Trinajstić information content (AvgIpc) is 3.80. The number of nitrogens with zero attached hydrogens (tertiary/aromatic N) is 2. The Bertz CT molecular complexity index is 2740. The molecule has 20 heteroatoms. The van der Waals surface area contributed by atoms with Gasteiger partial charge in [0.15, 0.2) is 36.2 Å². The summed E-state index contributed by atoms with van der Waals surface area (Å²) in [5.74, 6) is 0.0269. The Hall–Kier alpha value is -8.03. The van der Waals surface area contributed by atoms with E-state index in [0.717, 1.165) is 18.4 Å². The molecule has 3 aliphatic heterocycles. The first-order chi connectivity index (χ1) is 37.3. The Morgan fingerprint density at radius 2 is 1.39 bits per heavy atom. The molecular weight excluding hydrogens is 995 g/mol. The molecule has 3 aliphatic rings. The third kappa shape index (κ3) is 14.1. The van der Waals surface area contributed by atoms with E-state index in [0.29, 0.717) is 121 Å². The molecular formula is C57H69N5O15. The normalized spacial score (nSPS) is 16.8. The lowest BCUT2D eigenvalue weighted by Crippen LogP contribution is -2.52. The van der Waals surface area contributed by atoms with E-state index in [1.165, 1.54) is 26.2 Å². The highest BCUT2D eigenvalue weighted by molar-refractivity contribution is 6.05. The number of esters is 1. The van der Waals surface area contributed by atoms with Gasteiger partial charge in [0.25, 0.3) is 17.7 Å². The zero-order valence-electron chi connectivity index (χ0n) is 44.6. The van der Waals surface area contributed by atoms with Crippen LogP contribution in [0.15, 0.2) is 72.8 Å². The highest BCUT2D eigenvalue weighted by Crippen LogP contribution is 2.42. The van der Waals surface area contributed by atoms with Crippen LogP contribution in [0.3, 0.4) is 0 Å². The maximum atomic E-state index is 14.5. The van der Waals surface area contributed by atoms with E-state index in [1.54, 1.807) is 73.7 Å². The number of methoxy groups -OCH3 is 5. The van der Waals surface area contributed by atoms with Gasteiger partial charge >= 0.3 is 5.97 Å². The first-order valence-corrected chi connectivity index (χ1v) is 26.0. The van der Waals surface area contributed by atoms with Crippen molar-refractivity contribution in [2.45, 2.75) is 102 Å². The molecule has 0 radical (unpaired) electrons. The zero-order chi connectivity index (χ0) is 55.0. The summed E-state index contributed by atoms with van der Waals surface area (Å²) in [6, 6.07) is 19.6. The number of aryl methyl sites for hydroxylation is 1. The molecule has 0 spiro atoms. The summed E-state index contributed by atoms with van der Waals surface area (Å²) < 4.78 is 45.7. The summed E-state index contributed by atoms with van der Waals surface area (Å²) in [7, 11) is 7.70. The SMILES string of the molecule is CC[C@H](C(=O)N1CCCC[C@H]1C(=O)O[C@H](CCc1ccc(OC)c(OC)c1)c1ccc(OCC(=O)NCCCCNC(=O)COc2cccc3c2CN(C2CCC(=O)NC2=O)C3=O)cc1)c1cc(OC)c(OC)c(OC)c1. The zero-order valence-corrected chi connectivity index (χ0v) is 44.6. The smallest absolute Gasteiger partial charge is 0.329 e. The van der Waals surface area contributed by atoms with Crippen molar-refractivity contribution in [3.05, 3.63) is 101 Å². The lowest BCUT2D eigenvalue weighted by Gasteiger charge is -2.37. The van der Waals surface area contributed by atoms with Crippen LogP contribution in [0.4, 0.5) is 0 Å². The van der Waals surface area contributed by atoms with Crippen molar-refractivity contribution < 1.29 is 71.5 Å². The van der Waals surface area contributed by atoms with Crippen molar-refractivity contribution in [3.8, 4) is 40.2 Å². The maximum absolute atomic E-state index is 14.5. The fourth-order valence-electron chi connectivity index (χ4n) is 9.91. The van der Waals surface area contributed by atoms with Gasteiger partial charge in [0.05, 0.1) is 48.0 Å². The third-order valence-corrected chi connectivity index (χ3v) is 14.0. The number of carbonyl (C=O) groups excluding carboxylic acids is 7. The molecule has 2 fully saturated rings. The van der Waals surface area contributed by atoms with Crippen molar-refractivity contribution in [1.29, 1.82) is 0 Å². The Morgan fingerprint density at radius 1 is 0.714 bits per heavy atom. The highest BCUT2D eigenvalue weighted by atomic mass is 16.5. The molecule has 4 aromatic rings. The van der Waals surface area contributed by atoms with Crippen molar-refractivity contribution in [1.82, 2.24) is 25.8 Å². The molecule has 412 valence electrons. The number of amides is 6. The fraction of sp³-hybridized carbons (Fsp3) is 0.456. The summed E-state index contributed by atoms with van der Waals surface area (Å²) in [5.41, 5.74) is 3.28. The largest absolute Gasteiger partial charge is 0.493 e. The minimum Gasteiger partial charge on any atom is -0.493 e. The quantitative estimate of drug-likeness (QED) is 0.0386. The number of rotatable bonds is 26. The highest BCUT2D eigenvalue weighted by Gasteiger charge is 2.41. The summed E-state index contributed by atoms with van der Waals surface area (Å²) in [6.07, 6.45) is 4.13. The number of carbonyl (C=O) groups is 7. The molecule has 3 N–H and O–H groups in total. The van der Waals surface area contributed by atoms with Crippen LogP contribution in [0.2, 0.25) is 0 Å². The van der Waals surface area contributed by atoms with E-state index in [1.807, 2.05) is 25.1 Å². The number of piperidine rings is 2. The molecule has 0 saturated carbocycles. The topological polar surface area (TPSA) is 236 Å². The van der Waals surface area contributed by atoms with Gasteiger partial charge in [0.2, 0.25) is 23.5 Å². The number of unbranched alkanes of at least 4 members (excludes halogenated alkanes) is 1. The predicted octanol–water partition coefficient (Wildman–Crippen LogP) is 5.75. The van der Waals surface area contributed by atoms with Crippen molar-refractivity contribution in [3.63, 3.8) is 0 Å². The Kier molecular flexibility index (Phi) is 20.0. The molecule has 2 saturated heterocycles. The number of benzene rings is 4. The van der Waals surface area contributed by atoms with E-state index in [2.05, 4.69) is 16.0 Å². The van der Waals surface area contributed by atoms with Gasteiger partial charge in [0, 0.05) is 37.2 Å². The summed E-state index contributed by atoms with van der Waals surface area (Å²) in [6.45, 7) is 2.60. The molecule has 77 heavy (non-hydrogen) atoms. The number of nitrogens with one attached hydrogen (secondary N) is 3. The number of likely N-dealkylation sites (tertiary alicyclic amines) is 1. The molecule has 1 unspecified atom stereocenters. The molecule has 4 atom stereocenters. The first-order valence-electron chi connectivity index (χ1n) is 26.0. The van der Waals surface area contributed by atoms with Gasteiger partial charge in [-0.25, -0.2) is 4.79 Å². The lowest BCUT2D eigenvalue weighted by atomic mass is 9.91. The summed E-state index contributed by atoms with van der Waals surface area (Å²) in [5, 5.41) is 7.92. The Balaban J connectivity index is 0.896. The first kappa shape index (κ1) is 56.7. The monoisotopic (exact) mass is 1060 g/mol. The molecule has 7 rings (SSSR count).